The van der Waals surface area contributed by atoms with Crippen molar-refractivity contribution in [1.82, 2.24) is 10.2 Å². The van der Waals surface area contributed by atoms with Gasteiger partial charge < -0.3 is 10.2 Å². The Hall–Kier alpha value is -4.50. The molecule has 1 N–H and O–H groups in total. The molecule has 1 atom stereocenters. The Morgan fingerprint density at radius 3 is 2.05 bits per heavy atom. The summed E-state index contributed by atoms with van der Waals surface area (Å²) >= 11 is 0. The summed E-state index contributed by atoms with van der Waals surface area (Å²) in [5.41, 5.74) is 3.36. The number of aryl methyl sites for hydroxylation is 1. The summed E-state index contributed by atoms with van der Waals surface area (Å²) in [6, 6.07) is 27.2. The molecule has 0 aliphatic carbocycles. The van der Waals surface area contributed by atoms with Crippen molar-refractivity contribution >= 4 is 27.5 Å². The van der Waals surface area contributed by atoms with E-state index in [1.54, 1.807) is 42.5 Å². The predicted molar refractivity (Wildman–Crippen MR) is 162 cm³/mol. The largest absolute Gasteiger partial charge is 0.357 e. The topological polar surface area (TPSA) is 86.8 Å². The molecule has 218 valence electrons. The van der Waals surface area contributed by atoms with Crippen molar-refractivity contribution in [2.75, 3.05) is 17.9 Å². The van der Waals surface area contributed by atoms with E-state index in [1.165, 1.54) is 36.2 Å². The van der Waals surface area contributed by atoms with Gasteiger partial charge in [0.05, 0.1) is 10.6 Å². The van der Waals surface area contributed by atoms with Gasteiger partial charge in [-0.3, -0.25) is 13.9 Å². The van der Waals surface area contributed by atoms with Crippen LogP contribution in [0, 0.1) is 19.7 Å². The third-order valence-electron chi connectivity index (χ3n) is 7.24. The molecular weight excluding hydrogens is 553 g/mol. The summed E-state index contributed by atoms with van der Waals surface area (Å²) in [4.78, 5) is 29.0. The maximum atomic E-state index is 14.3. The van der Waals surface area contributed by atoms with Crippen LogP contribution in [-0.4, -0.2) is 44.8 Å². The van der Waals surface area contributed by atoms with E-state index in [9.17, 15) is 22.4 Å². The highest BCUT2D eigenvalue weighted by Crippen LogP contribution is 2.29. The standard InChI is InChI=1S/C33H34FN3O4S/c1-24-11-10-16-30(25(24)2)37(42(40,41)29-14-8-5-9-15-29)23-32(38)36(22-27-17-19-28(34)20-18-27)31(33(39)35-3)21-26-12-6-4-7-13-26/h4-20,31H,21-23H2,1-3H3,(H,35,39). The van der Waals surface area contributed by atoms with Crippen LogP contribution in [-0.2, 0) is 32.6 Å². The summed E-state index contributed by atoms with van der Waals surface area (Å²) in [7, 11) is -2.69. The molecule has 7 nitrogen and oxygen atoms in total. The molecule has 0 heterocycles. The van der Waals surface area contributed by atoms with Crippen molar-refractivity contribution in [3.05, 3.63) is 131 Å². The van der Waals surface area contributed by atoms with Crippen molar-refractivity contribution in [3.63, 3.8) is 0 Å². The molecule has 0 aromatic heterocycles. The van der Waals surface area contributed by atoms with Crippen molar-refractivity contribution in [3.8, 4) is 0 Å². The van der Waals surface area contributed by atoms with Crippen LogP contribution < -0.4 is 9.62 Å². The number of amides is 2. The Bertz CT molecular complexity index is 1630. The summed E-state index contributed by atoms with van der Waals surface area (Å²) in [5, 5.41) is 2.65. The van der Waals surface area contributed by atoms with E-state index in [0.717, 1.165) is 15.4 Å². The van der Waals surface area contributed by atoms with Gasteiger partial charge in [-0.1, -0.05) is 72.8 Å². The highest BCUT2D eigenvalue weighted by molar-refractivity contribution is 7.92. The van der Waals surface area contributed by atoms with E-state index < -0.39 is 40.2 Å². The maximum Gasteiger partial charge on any atom is 0.264 e. The fraction of sp³-hybridized carbons (Fsp3) is 0.212. The first-order valence-electron chi connectivity index (χ1n) is 13.5. The number of halogens is 1. The lowest BCUT2D eigenvalue weighted by Gasteiger charge is -2.34. The molecule has 9 heteroatoms. The van der Waals surface area contributed by atoms with Gasteiger partial charge in [0.1, 0.15) is 18.4 Å². The number of carbonyl (C=O) groups is 2. The monoisotopic (exact) mass is 587 g/mol. The van der Waals surface area contributed by atoms with E-state index in [4.69, 9.17) is 0 Å². The van der Waals surface area contributed by atoms with Gasteiger partial charge in [0.2, 0.25) is 11.8 Å². The van der Waals surface area contributed by atoms with Crippen LogP contribution in [0.3, 0.4) is 0 Å². The molecule has 2 amide bonds. The Labute approximate surface area is 246 Å². The van der Waals surface area contributed by atoms with E-state index in [0.29, 0.717) is 16.8 Å². The van der Waals surface area contributed by atoms with Crippen molar-refractivity contribution in [1.29, 1.82) is 0 Å². The minimum absolute atomic E-state index is 0.0317. The molecule has 0 fully saturated rings. The summed E-state index contributed by atoms with van der Waals surface area (Å²) in [6.45, 7) is 3.10. The van der Waals surface area contributed by atoms with Gasteiger partial charge in [-0.05, 0) is 66.4 Å². The van der Waals surface area contributed by atoms with Crippen LogP contribution >= 0.6 is 0 Å². The van der Waals surface area contributed by atoms with Gasteiger partial charge in [-0.25, -0.2) is 12.8 Å². The number of nitrogens with zero attached hydrogens (tertiary/aromatic N) is 2. The number of likely N-dealkylation sites (N-methyl/N-ethyl adjacent to an activating group) is 1. The first kappa shape index (κ1) is 30.5. The second-order valence-electron chi connectivity index (χ2n) is 10.0. The second kappa shape index (κ2) is 13.4. The van der Waals surface area contributed by atoms with Crippen LogP contribution in [0.2, 0.25) is 0 Å². The van der Waals surface area contributed by atoms with Crippen molar-refractivity contribution < 1.29 is 22.4 Å². The van der Waals surface area contributed by atoms with E-state index in [1.807, 2.05) is 50.2 Å². The Morgan fingerprint density at radius 1 is 0.810 bits per heavy atom. The van der Waals surface area contributed by atoms with Gasteiger partial charge >= 0.3 is 0 Å². The highest BCUT2D eigenvalue weighted by atomic mass is 32.2. The molecule has 4 rings (SSSR count). The van der Waals surface area contributed by atoms with E-state index >= 15 is 0 Å². The third-order valence-corrected chi connectivity index (χ3v) is 9.01. The molecule has 0 saturated heterocycles. The number of sulfonamides is 1. The van der Waals surface area contributed by atoms with Crippen LogP contribution in [0.1, 0.15) is 22.3 Å². The summed E-state index contributed by atoms with van der Waals surface area (Å²) in [6.07, 6.45) is 0.197. The molecule has 0 aliphatic heterocycles. The number of benzene rings is 4. The van der Waals surface area contributed by atoms with Crippen LogP contribution in [0.15, 0.2) is 108 Å². The van der Waals surface area contributed by atoms with Crippen LogP contribution in [0.25, 0.3) is 0 Å². The Kier molecular flexibility index (Phi) is 9.75. The zero-order chi connectivity index (χ0) is 30.3. The smallest absolute Gasteiger partial charge is 0.264 e. The number of carbonyl (C=O) groups excluding carboxylic acids is 2. The van der Waals surface area contributed by atoms with Gasteiger partial charge in [0.15, 0.2) is 0 Å². The van der Waals surface area contributed by atoms with E-state index in [2.05, 4.69) is 5.32 Å². The Morgan fingerprint density at radius 2 is 1.43 bits per heavy atom. The minimum atomic E-state index is -4.18. The number of hydrogen-bond acceptors (Lipinski definition) is 4. The minimum Gasteiger partial charge on any atom is -0.357 e. The van der Waals surface area contributed by atoms with E-state index in [-0.39, 0.29) is 17.9 Å². The molecule has 42 heavy (non-hydrogen) atoms. The molecule has 0 aliphatic rings. The maximum absolute atomic E-state index is 14.3. The average Bonchev–Trinajstić information content (AvgIpc) is 3.00. The summed E-state index contributed by atoms with van der Waals surface area (Å²) < 4.78 is 42.9. The SMILES string of the molecule is CNC(=O)C(Cc1ccccc1)N(Cc1ccc(F)cc1)C(=O)CN(c1cccc(C)c1C)S(=O)(=O)c1ccccc1. The fourth-order valence-electron chi connectivity index (χ4n) is 4.75. The molecule has 0 radical (unpaired) electrons. The van der Waals surface area contributed by atoms with Crippen LogP contribution in [0.4, 0.5) is 10.1 Å². The zero-order valence-electron chi connectivity index (χ0n) is 23.8. The molecule has 4 aromatic rings. The molecule has 0 bridgehead atoms. The van der Waals surface area contributed by atoms with Crippen LogP contribution in [0.5, 0.6) is 0 Å². The quantitative estimate of drug-likeness (QED) is 0.267. The van der Waals surface area contributed by atoms with Crippen molar-refractivity contribution in [2.24, 2.45) is 0 Å². The number of hydrogen-bond donors (Lipinski definition) is 1. The molecule has 4 aromatic carbocycles. The number of rotatable bonds is 11. The first-order valence-corrected chi connectivity index (χ1v) is 15.0. The fourth-order valence-corrected chi connectivity index (χ4v) is 6.24. The molecular formula is C33H34FN3O4S. The highest BCUT2D eigenvalue weighted by Gasteiger charge is 2.34. The lowest BCUT2D eigenvalue weighted by molar-refractivity contribution is -0.139. The third kappa shape index (κ3) is 7.03. The van der Waals surface area contributed by atoms with Gasteiger partial charge in [0, 0.05) is 20.0 Å². The van der Waals surface area contributed by atoms with Gasteiger partial charge in [0.25, 0.3) is 10.0 Å². The second-order valence-corrected chi connectivity index (χ2v) is 11.9. The van der Waals surface area contributed by atoms with Gasteiger partial charge in [-0.2, -0.15) is 0 Å². The molecule has 1 unspecified atom stereocenters. The lowest BCUT2D eigenvalue weighted by Crippen LogP contribution is -2.53. The molecule has 0 spiro atoms. The number of anilines is 1. The Balaban J connectivity index is 1.81. The zero-order valence-corrected chi connectivity index (χ0v) is 24.6. The first-order chi connectivity index (χ1) is 20.1. The van der Waals surface area contributed by atoms with Crippen molar-refractivity contribution in [2.45, 2.75) is 37.8 Å². The lowest BCUT2D eigenvalue weighted by atomic mass is 10.0. The number of nitrogens with one attached hydrogen (secondary N) is 1. The molecule has 0 saturated carbocycles. The summed E-state index contributed by atoms with van der Waals surface area (Å²) in [5.74, 6) is -1.42. The van der Waals surface area contributed by atoms with Gasteiger partial charge in [-0.15, -0.1) is 0 Å². The normalized spacial score (nSPS) is 11.9. The predicted octanol–water partition coefficient (Wildman–Crippen LogP) is 5.02. The average molecular weight is 588 g/mol.